The molecule has 0 aliphatic carbocycles. The average molecular weight is 278 g/mol. The van der Waals surface area contributed by atoms with Crippen molar-refractivity contribution >= 4 is 6.09 Å². The molecular formula is C16H26N2O2. The highest BCUT2D eigenvalue weighted by molar-refractivity contribution is 5.70. The Bertz CT molecular complexity index is 430. The van der Waals surface area contributed by atoms with E-state index in [-0.39, 0.29) is 6.09 Å². The fraction of sp³-hybridized carbons (Fsp3) is 0.562. The van der Waals surface area contributed by atoms with Crippen LogP contribution >= 0.6 is 0 Å². The maximum atomic E-state index is 11.8. The highest BCUT2D eigenvalue weighted by Crippen LogP contribution is 2.23. The second kappa shape index (κ2) is 7.90. The number of ether oxygens (including phenoxy) is 1. The molecule has 1 atom stereocenters. The Morgan fingerprint density at radius 3 is 2.40 bits per heavy atom. The number of hydrogen-bond acceptors (Lipinski definition) is 3. The molecule has 1 amide bonds. The second-order valence-electron chi connectivity index (χ2n) is 4.85. The Balaban J connectivity index is 2.82. The van der Waals surface area contributed by atoms with Gasteiger partial charge in [-0.05, 0) is 44.6 Å². The molecule has 0 N–H and O–H groups in total. The molecule has 0 radical (unpaired) electrons. The molecule has 4 nitrogen and oxygen atoms in total. The fourth-order valence-corrected chi connectivity index (χ4v) is 2.13. The van der Waals surface area contributed by atoms with Crippen molar-refractivity contribution in [2.45, 2.75) is 33.7 Å². The minimum absolute atomic E-state index is 0.313. The van der Waals surface area contributed by atoms with Crippen LogP contribution in [0.5, 0.6) is 5.75 Å². The van der Waals surface area contributed by atoms with Crippen molar-refractivity contribution in [1.29, 1.82) is 0 Å². The normalized spacial score (nSPS) is 12.3. The summed E-state index contributed by atoms with van der Waals surface area (Å²) < 4.78 is 5.37. The van der Waals surface area contributed by atoms with Gasteiger partial charge in [-0.1, -0.05) is 26.0 Å². The van der Waals surface area contributed by atoms with Crippen molar-refractivity contribution in [3.05, 3.63) is 29.8 Å². The van der Waals surface area contributed by atoms with Gasteiger partial charge in [0.2, 0.25) is 0 Å². The van der Waals surface area contributed by atoms with E-state index in [1.165, 1.54) is 0 Å². The molecule has 0 aliphatic heterocycles. The van der Waals surface area contributed by atoms with Gasteiger partial charge in [-0.2, -0.15) is 0 Å². The topological polar surface area (TPSA) is 32.8 Å². The minimum atomic E-state index is -0.319. The lowest BCUT2D eigenvalue weighted by atomic mass is 10.1. The molecule has 0 fully saturated rings. The summed E-state index contributed by atoms with van der Waals surface area (Å²) in [5.74, 6) is 0.604. The minimum Gasteiger partial charge on any atom is -0.410 e. The molecule has 0 heterocycles. The zero-order valence-corrected chi connectivity index (χ0v) is 13.2. The molecule has 1 aromatic carbocycles. The van der Waals surface area contributed by atoms with Crippen LogP contribution in [0.4, 0.5) is 4.79 Å². The summed E-state index contributed by atoms with van der Waals surface area (Å²) in [6, 6.07) is 8.09. The van der Waals surface area contributed by atoms with Gasteiger partial charge >= 0.3 is 6.09 Å². The zero-order chi connectivity index (χ0) is 15.1. The molecule has 1 unspecified atom stereocenters. The van der Waals surface area contributed by atoms with Crippen LogP contribution in [0.25, 0.3) is 0 Å². The molecule has 0 aromatic heterocycles. The van der Waals surface area contributed by atoms with Gasteiger partial charge in [-0.3, -0.25) is 4.90 Å². The summed E-state index contributed by atoms with van der Waals surface area (Å²) >= 11 is 0. The molecule has 0 spiro atoms. The van der Waals surface area contributed by atoms with Crippen LogP contribution in [0, 0.1) is 0 Å². The Morgan fingerprint density at radius 2 is 1.85 bits per heavy atom. The van der Waals surface area contributed by atoms with Crippen LogP contribution in [0.2, 0.25) is 0 Å². The number of nitrogens with zero attached hydrogens (tertiary/aromatic N) is 2. The van der Waals surface area contributed by atoms with Crippen molar-refractivity contribution in [2.75, 3.05) is 26.7 Å². The maximum absolute atomic E-state index is 11.8. The molecule has 112 valence electrons. The summed E-state index contributed by atoms with van der Waals surface area (Å²) in [6.07, 6.45) is -0.319. The van der Waals surface area contributed by atoms with Gasteiger partial charge in [0, 0.05) is 19.6 Å². The lowest BCUT2D eigenvalue weighted by Crippen LogP contribution is -2.29. The zero-order valence-electron chi connectivity index (χ0n) is 13.2. The number of rotatable bonds is 6. The number of amides is 1. The van der Waals surface area contributed by atoms with E-state index < -0.39 is 0 Å². The van der Waals surface area contributed by atoms with Gasteiger partial charge in [0.05, 0.1) is 0 Å². The van der Waals surface area contributed by atoms with E-state index in [9.17, 15) is 4.79 Å². The highest BCUT2D eigenvalue weighted by atomic mass is 16.6. The quantitative estimate of drug-likeness (QED) is 0.798. The van der Waals surface area contributed by atoms with Crippen LogP contribution < -0.4 is 4.74 Å². The number of carbonyl (C=O) groups is 1. The van der Waals surface area contributed by atoms with Crippen LogP contribution in [-0.2, 0) is 0 Å². The van der Waals surface area contributed by atoms with Crippen molar-refractivity contribution in [3.8, 4) is 5.75 Å². The van der Waals surface area contributed by atoms with E-state index in [2.05, 4.69) is 31.7 Å². The average Bonchev–Trinajstić information content (AvgIpc) is 2.47. The van der Waals surface area contributed by atoms with E-state index >= 15 is 0 Å². The predicted molar refractivity (Wildman–Crippen MR) is 82.1 cm³/mol. The van der Waals surface area contributed by atoms with Gasteiger partial charge < -0.3 is 9.64 Å². The Hall–Kier alpha value is -1.55. The molecule has 0 saturated carbocycles. The summed E-state index contributed by atoms with van der Waals surface area (Å²) in [5, 5.41) is 0. The molecule has 1 aromatic rings. The Labute approximate surface area is 122 Å². The summed E-state index contributed by atoms with van der Waals surface area (Å²) in [5.41, 5.74) is 1.16. The smallest absolute Gasteiger partial charge is 0.410 e. The van der Waals surface area contributed by atoms with E-state index in [0.717, 1.165) is 18.7 Å². The van der Waals surface area contributed by atoms with Gasteiger partial charge in [0.25, 0.3) is 0 Å². The van der Waals surface area contributed by atoms with E-state index in [1.54, 1.807) is 11.9 Å². The van der Waals surface area contributed by atoms with E-state index in [0.29, 0.717) is 18.3 Å². The first-order valence-corrected chi connectivity index (χ1v) is 7.30. The maximum Gasteiger partial charge on any atom is 0.414 e. The van der Waals surface area contributed by atoms with Crippen LogP contribution in [0.15, 0.2) is 24.3 Å². The number of hydrogen-bond donors (Lipinski definition) is 0. The lowest BCUT2D eigenvalue weighted by molar-refractivity contribution is 0.165. The molecule has 0 bridgehead atoms. The van der Waals surface area contributed by atoms with Gasteiger partial charge in [0.15, 0.2) is 0 Å². The molecular weight excluding hydrogens is 252 g/mol. The Morgan fingerprint density at radius 1 is 1.20 bits per heavy atom. The predicted octanol–water partition coefficient (Wildman–Crippen LogP) is 3.54. The summed E-state index contributed by atoms with van der Waals surface area (Å²) in [6.45, 7) is 11.0. The molecule has 20 heavy (non-hydrogen) atoms. The summed E-state index contributed by atoms with van der Waals surface area (Å²) in [7, 11) is 1.73. The molecule has 0 saturated heterocycles. The third-order valence-electron chi connectivity index (χ3n) is 3.69. The highest BCUT2D eigenvalue weighted by Gasteiger charge is 2.14. The SMILES string of the molecule is CCN(C)C(=O)Oc1cccc(C(C)N(CC)CC)c1. The number of benzene rings is 1. The fourth-order valence-electron chi connectivity index (χ4n) is 2.13. The van der Waals surface area contributed by atoms with Crippen molar-refractivity contribution < 1.29 is 9.53 Å². The van der Waals surface area contributed by atoms with Crippen LogP contribution in [-0.4, -0.2) is 42.6 Å². The third kappa shape index (κ3) is 4.23. The van der Waals surface area contributed by atoms with E-state index in [4.69, 9.17) is 4.74 Å². The standard InChI is InChI=1S/C16H26N2O2/c1-6-17(5)16(19)20-15-11-9-10-14(12-15)13(4)18(7-2)8-3/h9-13H,6-8H2,1-5H3. The largest absolute Gasteiger partial charge is 0.414 e. The summed E-state index contributed by atoms with van der Waals surface area (Å²) in [4.78, 5) is 15.7. The molecule has 0 aliphatic rings. The lowest BCUT2D eigenvalue weighted by Gasteiger charge is -2.27. The van der Waals surface area contributed by atoms with Crippen LogP contribution in [0.1, 0.15) is 39.3 Å². The van der Waals surface area contributed by atoms with Gasteiger partial charge in [-0.25, -0.2) is 4.79 Å². The Kier molecular flexibility index (Phi) is 6.52. The van der Waals surface area contributed by atoms with E-state index in [1.807, 2.05) is 25.1 Å². The first-order chi connectivity index (χ1) is 9.53. The third-order valence-corrected chi connectivity index (χ3v) is 3.69. The monoisotopic (exact) mass is 278 g/mol. The van der Waals surface area contributed by atoms with Crippen LogP contribution in [0.3, 0.4) is 0 Å². The molecule has 4 heteroatoms. The van der Waals surface area contributed by atoms with Gasteiger partial charge in [0.1, 0.15) is 5.75 Å². The van der Waals surface area contributed by atoms with Crippen molar-refractivity contribution in [3.63, 3.8) is 0 Å². The molecule has 1 rings (SSSR count). The second-order valence-corrected chi connectivity index (χ2v) is 4.85. The van der Waals surface area contributed by atoms with Crippen molar-refractivity contribution in [1.82, 2.24) is 9.80 Å². The number of carbonyl (C=O) groups excluding carboxylic acids is 1. The first kappa shape index (κ1) is 16.5. The first-order valence-electron chi connectivity index (χ1n) is 7.30. The van der Waals surface area contributed by atoms with Gasteiger partial charge in [-0.15, -0.1) is 0 Å². The van der Waals surface area contributed by atoms with Crippen molar-refractivity contribution in [2.24, 2.45) is 0 Å².